The number of hydrogen-bond donors (Lipinski definition) is 2. The number of rotatable bonds is 22. The van der Waals surface area contributed by atoms with E-state index in [2.05, 4.69) is 12.7 Å². The van der Waals surface area contributed by atoms with E-state index in [-0.39, 0.29) is 81.1 Å². The van der Waals surface area contributed by atoms with E-state index in [1.807, 2.05) is 25.1 Å². The zero-order chi connectivity index (χ0) is 48.5. The van der Waals surface area contributed by atoms with E-state index >= 15 is 4.79 Å². The van der Waals surface area contributed by atoms with E-state index in [9.17, 15) is 30.4 Å². The molecule has 4 aromatic carbocycles. The quantitative estimate of drug-likeness (QED) is 0.0247. The van der Waals surface area contributed by atoms with Crippen molar-refractivity contribution in [3.05, 3.63) is 152 Å². The van der Waals surface area contributed by atoms with Gasteiger partial charge >= 0.3 is 0 Å². The second kappa shape index (κ2) is 21.9. The SMILES string of the molecule is C=CCOC12Oc3ccc(Oc4cccc([N+](=O)[O-])c4)cc3C3C(CCCCO)C(CCCCO)C=C(C(=NOCC)CC1N(Cc1ccc4c(c1)OCO4)C(=O)C=Cc1ccc([N+](=O)[O-])cc1)C32. The molecule has 0 bridgehead atoms. The largest absolute Gasteiger partial charge is 0.459 e. The van der Waals surface area contributed by atoms with Crippen LogP contribution in [-0.2, 0) is 20.9 Å². The fourth-order valence-electron chi connectivity index (χ4n) is 10.2. The molecule has 2 heterocycles. The van der Waals surface area contributed by atoms with Crippen molar-refractivity contribution in [2.24, 2.45) is 22.9 Å². The molecule has 362 valence electrons. The van der Waals surface area contributed by atoms with Gasteiger partial charge in [0, 0.05) is 61.9 Å². The van der Waals surface area contributed by atoms with E-state index in [0.717, 1.165) is 29.5 Å². The first-order valence-corrected chi connectivity index (χ1v) is 23.3. The lowest BCUT2D eigenvalue weighted by Crippen LogP contribution is -2.70. The molecule has 6 atom stereocenters. The summed E-state index contributed by atoms with van der Waals surface area (Å²) in [5.74, 6) is -0.838. The monoisotopic (exact) mass is 944 g/mol. The van der Waals surface area contributed by atoms with Crippen LogP contribution in [0.3, 0.4) is 0 Å². The Bertz CT molecular complexity index is 2620. The van der Waals surface area contributed by atoms with Crippen molar-refractivity contribution in [3.8, 4) is 28.7 Å². The minimum atomic E-state index is -1.59. The van der Waals surface area contributed by atoms with Gasteiger partial charge in [0.25, 0.3) is 11.4 Å². The Balaban J connectivity index is 1.33. The maximum Gasteiger partial charge on any atom is 0.273 e. The van der Waals surface area contributed by atoms with Gasteiger partial charge in [0.2, 0.25) is 18.5 Å². The van der Waals surface area contributed by atoms with Gasteiger partial charge in [-0.25, -0.2) is 0 Å². The molecule has 2 aliphatic heterocycles. The average molecular weight is 945 g/mol. The molecule has 0 spiro atoms. The third-order valence-corrected chi connectivity index (χ3v) is 13.2. The summed E-state index contributed by atoms with van der Waals surface area (Å²) >= 11 is 0. The highest BCUT2D eigenvalue weighted by Gasteiger charge is 2.65. The number of nitro groups is 2. The van der Waals surface area contributed by atoms with Gasteiger partial charge in [-0.1, -0.05) is 42.3 Å². The van der Waals surface area contributed by atoms with Crippen molar-refractivity contribution >= 4 is 29.1 Å². The lowest BCUT2D eigenvalue weighted by Gasteiger charge is -2.60. The zero-order valence-electron chi connectivity index (χ0n) is 38.4. The van der Waals surface area contributed by atoms with Crippen LogP contribution in [0.4, 0.5) is 11.4 Å². The van der Waals surface area contributed by atoms with Gasteiger partial charge in [0.1, 0.15) is 29.9 Å². The summed E-state index contributed by atoms with van der Waals surface area (Å²) in [5, 5.41) is 47.9. The summed E-state index contributed by atoms with van der Waals surface area (Å²) < 4.78 is 32.2. The van der Waals surface area contributed by atoms with Crippen molar-refractivity contribution in [2.75, 3.05) is 33.2 Å². The minimum Gasteiger partial charge on any atom is -0.459 e. The first-order chi connectivity index (χ1) is 33.6. The first-order valence-electron chi connectivity index (χ1n) is 23.3. The average Bonchev–Trinajstić information content (AvgIpc) is 3.83. The van der Waals surface area contributed by atoms with Crippen LogP contribution in [0.25, 0.3) is 6.08 Å². The van der Waals surface area contributed by atoms with Gasteiger partial charge < -0.3 is 43.6 Å². The Morgan fingerprint density at radius 2 is 1.64 bits per heavy atom. The summed E-state index contributed by atoms with van der Waals surface area (Å²) in [6.45, 7) is 6.34. The number of amides is 1. The van der Waals surface area contributed by atoms with Crippen LogP contribution in [-0.4, -0.2) is 81.6 Å². The second-order valence-corrected chi connectivity index (χ2v) is 17.4. The van der Waals surface area contributed by atoms with Crippen LogP contribution in [0.15, 0.2) is 120 Å². The molecule has 69 heavy (non-hydrogen) atoms. The molecule has 17 nitrogen and oxygen atoms in total. The minimum absolute atomic E-state index is 0.0158. The Hall–Kier alpha value is -7.08. The molecule has 0 aromatic heterocycles. The number of carbonyl (C=O) groups is 1. The standard InChI is InChI=1S/C52H56N4O13/c1-3-26-66-52-48(54(32-35-16-21-46-47(27-35)65-33-64-46)49(59)23-17-34-14-18-37(19-15-34)55(60)61)31-44(53-67-4-2)42-28-36(10-5-7-24-57)41(13-6-8-25-58)50(51(42)52)43-30-40(20-22-45(43)69-52)68-39-12-9-11-38(29-39)56(62)63/h3,9,11-12,14-23,27-30,36,41,48,50-51,57-58H,1,4-8,10,13,24-26,31-33H2,2H3. The summed E-state index contributed by atoms with van der Waals surface area (Å²) in [4.78, 5) is 45.0. The van der Waals surface area contributed by atoms with Crippen LogP contribution >= 0.6 is 0 Å². The van der Waals surface area contributed by atoms with Gasteiger partial charge in [-0.05, 0) is 116 Å². The topological polar surface area (TPSA) is 215 Å². The molecule has 2 aliphatic carbocycles. The summed E-state index contributed by atoms with van der Waals surface area (Å²) in [6, 6.07) is 21.9. The summed E-state index contributed by atoms with van der Waals surface area (Å²) in [6.07, 6.45) is 11.1. The predicted octanol–water partition coefficient (Wildman–Crippen LogP) is 9.42. The number of ether oxygens (including phenoxy) is 5. The molecule has 6 unspecified atom stereocenters. The van der Waals surface area contributed by atoms with Gasteiger partial charge in [-0.15, -0.1) is 6.58 Å². The van der Waals surface area contributed by atoms with Crippen molar-refractivity contribution in [3.63, 3.8) is 0 Å². The number of oxime groups is 1. The Morgan fingerprint density at radius 3 is 2.38 bits per heavy atom. The lowest BCUT2D eigenvalue weighted by molar-refractivity contribution is -0.385. The summed E-state index contributed by atoms with van der Waals surface area (Å²) in [7, 11) is 0. The van der Waals surface area contributed by atoms with Crippen LogP contribution in [0, 0.1) is 38.0 Å². The van der Waals surface area contributed by atoms with Gasteiger partial charge in [0.05, 0.1) is 34.1 Å². The maximum atomic E-state index is 15.2. The highest BCUT2D eigenvalue weighted by Crippen LogP contribution is 2.62. The van der Waals surface area contributed by atoms with Crippen molar-refractivity contribution in [1.82, 2.24) is 4.90 Å². The third kappa shape index (κ3) is 10.5. The molecule has 0 radical (unpaired) electrons. The highest BCUT2D eigenvalue weighted by molar-refractivity contribution is 6.03. The van der Waals surface area contributed by atoms with Crippen LogP contribution in [0.2, 0.25) is 0 Å². The number of benzene rings is 4. The molecule has 17 heteroatoms. The molecule has 8 rings (SSSR count). The number of unbranched alkanes of at least 4 members (excludes halogenated alkanes) is 2. The molecule has 2 N–H and O–H groups in total. The number of non-ortho nitro benzene ring substituents is 2. The molecular weight excluding hydrogens is 889 g/mol. The van der Waals surface area contributed by atoms with Crippen LogP contribution in [0.5, 0.6) is 28.7 Å². The second-order valence-electron chi connectivity index (χ2n) is 17.4. The van der Waals surface area contributed by atoms with E-state index in [4.69, 9.17) is 33.7 Å². The summed E-state index contributed by atoms with van der Waals surface area (Å²) in [5.41, 5.74) is 3.34. The number of allylic oxidation sites excluding steroid dienone is 1. The predicted molar refractivity (Wildman–Crippen MR) is 255 cm³/mol. The highest BCUT2D eigenvalue weighted by atomic mass is 16.7. The molecular formula is C52H56N4O13. The number of aliphatic hydroxyl groups excluding tert-OH is 2. The molecule has 4 aromatic rings. The van der Waals surface area contributed by atoms with Crippen molar-refractivity contribution in [2.45, 2.75) is 76.2 Å². The maximum absolute atomic E-state index is 15.2. The van der Waals surface area contributed by atoms with Crippen molar-refractivity contribution in [1.29, 1.82) is 0 Å². The Morgan fingerprint density at radius 1 is 0.899 bits per heavy atom. The number of nitrogens with zero attached hydrogens (tertiary/aromatic N) is 4. The van der Waals surface area contributed by atoms with Crippen molar-refractivity contribution < 1.29 is 53.4 Å². The fourth-order valence-corrected chi connectivity index (χ4v) is 10.2. The van der Waals surface area contributed by atoms with E-state index in [0.29, 0.717) is 60.0 Å². The fraction of sp³-hybridized carbons (Fsp3) is 0.385. The molecule has 4 aliphatic rings. The van der Waals surface area contributed by atoms with E-state index in [1.54, 1.807) is 59.5 Å². The Kier molecular flexibility index (Phi) is 15.4. The molecule has 1 fully saturated rings. The van der Waals surface area contributed by atoms with Gasteiger partial charge in [-0.2, -0.15) is 0 Å². The first kappa shape index (κ1) is 48.4. The number of fused-ring (bicyclic) bond motifs is 3. The van der Waals surface area contributed by atoms with Crippen LogP contribution in [0.1, 0.15) is 74.5 Å². The van der Waals surface area contributed by atoms with E-state index < -0.39 is 33.5 Å². The third-order valence-electron chi connectivity index (χ3n) is 13.2. The zero-order valence-corrected chi connectivity index (χ0v) is 38.4. The number of nitro benzene ring substituents is 2. The van der Waals surface area contributed by atoms with Crippen LogP contribution < -0.4 is 18.9 Å². The van der Waals surface area contributed by atoms with Gasteiger partial charge in [0.15, 0.2) is 11.5 Å². The normalized spacial score (nSPS) is 22.5. The number of carbonyl (C=O) groups excluding carboxylic acids is 1. The smallest absolute Gasteiger partial charge is 0.273 e. The molecule has 1 saturated carbocycles. The van der Waals surface area contributed by atoms with Gasteiger partial charge in [-0.3, -0.25) is 25.0 Å². The molecule has 0 saturated heterocycles. The lowest BCUT2D eigenvalue weighted by atomic mass is 9.55. The number of aliphatic hydroxyl groups is 2. The Labute approximate surface area is 399 Å². The number of hydrogen-bond acceptors (Lipinski definition) is 14. The molecule has 1 amide bonds. The van der Waals surface area contributed by atoms with E-state index in [1.165, 1.54) is 30.3 Å².